The molecule has 1 aromatic rings. The van der Waals surface area contributed by atoms with Crippen LogP contribution in [0.15, 0.2) is 27.8 Å². The van der Waals surface area contributed by atoms with Crippen molar-refractivity contribution >= 4 is 29.9 Å². The van der Waals surface area contributed by atoms with Gasteiger partial charge >= 0.3 is 0 Å². The minimum absolute atomic E-state index is 0. The van der Waals surface area contributed by atoms with Crippen LogP contribution >= 0.6 is 24.0 Å². The van der Waals surface area contributed by atoms with E-state index in [1.165, 1.54) is 0 Å². The third kappa shape index (κ3) is 9.19. The fourth-order valence-corrected chi connectivity index (χ4v) is 1.55. The van der Waals surface area contributed by atoms with Gasteiger partial charge in [0, 0.05) is 33.2 Å². The molecule has 0 atom stereocenters. The molecule has 0 aromatic carbocycles. The summed E-state index contributed by atoms with van der Waals surface area (Å²) in [5.41, 5.74) is 0. The van der Waals surface area contributed by atoms with Crippen molar-refractivity contribution in [2.24, 2.45) is 4.99 Å². The van der Waals surface area contributed by atoms with E-state index in [1.807, 2.05) is 12.1 Å². The van der Waals surface area contributed by atoms with Crippen molar-refractivity contribution < 1.29 is 9.15 Å². The highest BCUT2D eigenvalue weighted by Gasteiger charge is 1.99. The summed E-state index contributed by atoms with van der Waals surface area (Å²) >= 11 is 0. The molecule has 20 heavy (non-hydrogen) atoms. The van der Waals surface area contributed by atoms with Gasteiger partial charge in [-0.25, -0.2) is 0 Å². The third-order valence-electron chi connectivity index (χ3n) is 2.62. The van der Waals surface area contributed by atoms with Gasteiger partial charge in [-0.2, -0.15) is 0 Å². The lowest BCUT2D eigenvalue weighted by atomic mass is 10.3. The molecule has 0 aliphatic heterocycles. The van der Waals surface area contributed by atoms with Crippen LogP contribution in [0, 0.1) is 0 Å². The Morgan fingerprint density at radius 2 is 2.15 bits per heavy atom. The van der Waals surface area contributed by atoms with Crippen LogP contribution in [0.25, 0.3) is 0 Å². The van der Waals surface area contributed by atoms with Crippen LogP contribution in [-0.4, -0.2) is 39.3 Å². The number of ether oxygens (including phenoxy) is 1. The van der Waals surface area contributed by atoms with E-state index in [2.05, 4.69) is 22.5 Å². The van der Waals surface area contributed by atoms with Gasteiger partial charge in [0.25, 0.3) is 0 Å². The summed E-state index contributed by atoms with van der Waals surface area (Å²) in [5, 5.41) is 6.54. The van der Waals surface area contributed by atoms with Gasteiger partial charge in [-0.15, -0.1) is 24.0 Å². The zero-order valence-corrected chi connectivity index (χ0v) is 14.7. The lowest BCUT2D eigenvalue weighted by Crippen LogP contribution is -2.40. The molecule has 1 aromatic heterocycles. The molecule has 1 heterocycles. The van der Waals surface area contributed by atoms with Crippen LogP contribution in [0.1, 0.15) is 25.5 Å². The SMILES string of the molecule is CCCCN=C(NCCOC)NCCc1ccco1.I. The minimum Gasteiger partial charge on any atom is -0.469 e. The molecule has 116 valence electrons. The third-order valence-corrected chi connectivity index (χ3v) is 2.62. The predicted molar refractivity (Wildman–Crippen MR) is 92.9 cm³/mol. The molecular formula is C14H26IN3O2. The Labute approximate surface area is 138 Å². The number of furan rings is 1. The zero-order chi connectivity index (χ0) is 13.8. The average molecular weight is 395 g/mol. The van der Waals surface area contributed by atoms with E-state index < -0.39 is 0 Å². The number of nitrogens with one attached hydrogen (secondary N) is 2. The fourth-order valence-electron chi connectivity index (χ4n) is 1.55. The van der Waals surface area contributed by atoms with Gasteiger partial charge < -0.3 is 19.8 Å². The van der Waals surface area contributed by atoms with E-state index in [1.54, 1.807) is 13.4 Å². The molecule has 0 fully saturated rings. The van der Waals surface area contributed by atoms with Crippen LogP contribution in [0.4, 0.5) is 0 Å². The first-order valence-electron chi connectivity index (χ1n) is 6.90. The van der Waals surface area contributed by atoms with Crippen molar-refractivity contribution in [2.45, 2.75) is 26.2 Å². The van der Waals surface area contributed by atoms with Crippen LogP contribution in [-0.2, 0) is 11.2 Å². The molecule has 0 radical (unpaired) electrons. The van der Waals surface area contributed by atoms with Crippen molar-refractivity contribution in [3.05, 3.63) is 24.2 Å². The number of aliphatic imine (C=N–C) groups is 1. The number of nitrogens with zero attached hydrogens (tertiary/aromatic N) is 1. The van der Waals surface area contributed by atoms with Crippen molar-refractivity contribution in [2.75, 3.05) is 33.4 Å². The predicted octanol–water partition coefficient (Wildman–Crippen LogP) is 2.42. The Morgan fingerprint density at radius 3 is 2.80 bits per heavy atom. The lowest BCUT2D eigenvalue weighted by Gasteiger charge is -2.11. The molecule has 0 saturated heterocycles. The first-order valence-corrected chi connectivity index (χ1v) is 6.90. The highest BCUT2D eigenvalue weighted by molar-refractivity contribution is 14.0. The van der Waals surface area contributed by atoms with Crippen LogP contribution in [0.2, 0.25) is 0 Å². The van der Waals surface area contributed by atoms with Crippen molar-refractivity contribution in [3.63, 3.8) is 0 Å². The summed E-state index contributed by atoms with van der Waals surface area (Å²) in [6, 6.07) is 3.89. The van der Waals surface area contributed by atoms with Gasteiger partial charge in [0.1, 0.15) is 5.76 Å². The molecule has 0 saturated carbocycles. The molecular weight excluding hydrogens is 369 g/mol. The summed E-state index contributed by atoms with van der Waals surface area (Å²) in [7, 11) is 1.69. The van der Waals surface area contributed by atoms with Gasteiger partial charge in [0.05, 0.1) is 12.9 Å². The van der Waals surface area contributed by atoms with E-state index >= 15 is 0 Å². The minimum atomic E-state index is 0. The number of hydrogen-bond donors (Lipinski definition) is 2. The van der Waals surface area contributed by atoms with E-state index in [9.17, 15) is 0 Å². The summed E-state index contributed by atoms with van der Waals surface area (Å²) in [6.45, 7) is 5.25. The van der Waals surface area contributed by atoms with Gasteiger partial charge in [-0.05, 0) is 18.6 Å². The Kier molecular flexibility index (Phi) is 12.7. The van der Waals surface area contributed by atoms with Gasteiger partial charge in [-0.1, -0.05) is 13.3 Å². The second-order valence-electron chi connectivity index (χ2n) is 4.26. The maximum Gasteiger partial charge on any atom is 0.191 e. The van der Waals surface area contributed by atoms with Crippen molar-refractivity contribution in [1.82, 2.24) is 10.6 Å². The normalized spacial score (nSPS) is 11.0. The van der Waals surface area contributed by atoms with E-state index in [4.69, 9.17) is 9.15 Å². The van der Waals surface area contributed by atoms with Crippen molar-refractivity contribution in [3.8, 4) is 0 Å². The number of guanidine groups is 1. The molecule has 2 N–H and O–H groups in total. The van der Waals surface area contributed by atoms with Gasteiger partial charge in [-0.3, -0.25) is 4.99 Å². The molecule has 0 aliphatic rings. The van der Waals surface area contributed by atoms with E-state index in [-0.39, 0.29) is 24.0 Å². The Bertz CT molecular complexity index is 342. The summed E-state index contributed by atoms with van der Waals surface area (Å²) in [5.74, 6) is 1.83. The van der Waals surface area contributed by atoms with Crippen molar-refractivity contribution in [1.29, 1.82) is 0 Å². The van der Waals surface area contributed by atoms with Crippen LogP contribution in [0.5, 0.6) is 0 Å². The summed E-state index contributed by atoms with van der Waals surface area (Å²) in [4.78, 5) is 4.51. The fraction of sp³-hybridized carbons (Fsp3) is 0.643. The number of halogens is 1. The molecule has 0 spiro atoms. The van der Waals surface area contributed by atoms with Crippen LogP contribution < -0.4 is 10.6 Å². The quantitative estimate of drug-likeness (QED) is 0.292. The molecule has 6 heteroatoms. The number of rotatable bonds is 9. The first kappa shape index (κ1) is 19.2. The highest BCUT2D eigenvalue weighted by Crippen LogP contribution is 1.99. The highest BCUT2D eigenvalue weighted by atomic mass is 127. The standard InChI is InChI=1S/C14H25N3O2.HI/c1-3-4-8-15-14(17-10-12-18-2)16-9-7-13-6-5-11-19-13;/h5-6,11H,3-4,7-10,12H2,1-2H3,(H2,15,16,17);1H. The Balaban J connectivity index is 0.00000361. The molecule has 0 unspecified atom stereocenters. The summed E-state index contributed by atoms with van der Waals surface area (Å²) < 4.78 is 10.3. The monoisotopic (exact) mass is 395 g/mol. The van der Waals surface area contributed by atoms with Gasteiger partial charge in [0.15, 0.2) is 5.96 Å². The maximum atomic E-state index is 5.29. The molecule has 0 aliphatic carbocycles. The zero-order valence-electron chi connectivity index (χ0n) is 12.4. The largest absolute Gasteiger partial charge is 0.469 e. The maximum absolute atomic E-state index is 5.29. The second kappa shape index (κ2) is 13.2. The Morgan fingerprint density at radius 1 is 1.35 bits per heavy atom. The van der Waals surface area contributed by atoms with Gasteiger partial charge in [0.2, 0.25) is 0 Å². The second-order valence-corrected chi connectivity index (χ2v) is 4.26. The van der Waals surface area contributed by atoms with E-state index in [0.29, 0.717) is 6.61 Å². The smallest absolute Gasteiger partial charge is 0.191 e. The number of methoxy groups -OCH3 is 1. The summed E-state index contributed by atoms with van der Waals surface area (Å²) in [6.07, 6.45) is 4.81. The number of unbranched alkanes of at least 4 members (excludes halogenated alkanes) is 1. The average Bonchev–Trinajstić information content (AvgIpc) is 2.92. The Hall–Kier alpha value is -0.760. The first-order chi connectivity index (χ1) is 9.36. The molecule has 0 bridgehead atoms. The van der Waals surface area contributed by atoms with Crippen LogP contribution in [0.3, 0.4) is 0 Å². The molecule has 5 nitrogen and oxygen atoms in total. The van der Waals surface area contributed by atoms with E-state index in [0.717, 1.165) is 50.6 Å². The topological polar surface area (TPSA) is 58.8 Å². The molecule has 0 amide bonds. The lowest BCUT2D eigenvalue weighted by molar-refractivity contribution is 0.203. The molecule has 1 rings (SSSR count). The number of hydrogen-bond acceptors (Lipinski definition) is 3.